The number of thioether (sulfide) groups is 1. The van der Waals surface area contributed by atoms with Crippen LogP contribution in [0.1, 0.15) is 24.5 Å². The quantitative estimate of drug-likeness (QED) is 0.518. The first kappa shape index (κ1) is 19.7. The van der Waals surface area contributed by atoms with Crippen LogP contribution in [0, 0.1) is 13.8 Å². The maximum atomic E-state index is 12.4. The van der Waals surface area contributed by atoms with E-state index in [0.717, 1.165) is 27.0 Å². The van der Waals surface area contributed by atoms with Gasteiger partial charge in [0.15, 0.2) is 6.10 Å². The number of halogens is 1. The summed E-state index contributed by atoms with van der Waals surface area (Å²) in [6.07, 6.45) is 0.158. The van der Waals surface area contributed by atoms with Crippen molar-refractivity contribution in [1.82, 2.24) is 5.32 Å². The summed E-state index contributed by atoms with van der Waals surface area (Å²) in [6, 6.07) is 13.7. The normalized spacial score (nSPS) is 11.8. The number of aryl methyl sites for hydroxylation is 2. The standard InChI is InChI=1S/C20H24ClNO2S/c1-4-18(24-19-10-5-14(2)13-15(19)3)20(23)22-11-12-25-17-8-6-16(21)7-9-17/h5-10,13,18H,4,11-12H2,1-3H3,(H,22,23)/t18-/m1/s1. The fourth-order valence-corrected chi connectivity index (χ4v) is 3.29. The summed E-state index contributed by atoms with van der Waals surface area (Å²) in [6.45, 7) is 6.59. The summed E-state index contributed by atoms with van der Waals surface area (Å²) in [5.41, 5.74) is 2.23. The van der Waals surface area contributed by atoms with E-state index in [2.05, 4.69) is 11.4 Å². The summed E-state index contributed by atoms with van der Waals surface area (Å²) < 4.78 is 5.91. The van der Waals surface area contributed by atoms with Crippen LogP contribution < -0.4 is 10.1 Å². The predicted molar refractivity (Wildman–Crippen MR) is 106 cm³/mol. The van der Waals surface area contributed by atoms with E-state index < -0.39 is 6.10 Å². The maximum Gasteiger partial charge on any atom is 0.261 e. The molecule has 0 fully saturated rings. The molecule has 0 heterocycles. The van der Waals surface area contributed by atoms with E-state index in [1.807, 2.05) is 57.2 Å². The van der Waals surface area contributed by atoms with Crippen molar-refractivity contribution < 1.29 is 9.53 Å². The van der Waals surface area contributed by atoms with Crippen LogP contribution in [0.25, 0.3) is 0 Å². The molecule has 2 aromatic carbocycles. The first-order chi connectivity index (χ1) is 12.0. The molecule has 0 aliphatic rings. The van der Waals surface area contributed by atoms with Gasteiger partial charge in [-0.15, -0.1) is 11.8 Å². The third-order valence-corrected chi connectivity index (χ3v) is 5.01. The van der Waals surface area contributed by atoms with E-state index in [9.17, 15) is 4.79 Å². The summed E-state index contributed by atoms with van der Waals surface area (Å²) in [4.78, 5) is 13.5. The Morgan fingerprint density at radius 1 is 1.20 bits per heavy atom. The van der Waals surface area contributed by atoms with Crippen LogP contribution in [0.3, 0.4) is 0 Å². The number of benzene rings is 2. The molecule has 0 spiro atoms. The van der Waals surface area contributed by atoms with Gasteiger partial charge in [0, 0.05) is 22.2 Å². The summed E-state index contributed by atoms with van der Waals surface area (Å²) in [5.74, 6) is 1.50. The van der Waals surface area contributed by atoms with E-state index in [1.54, 1.807) is 11.8 Å². The number of amides is 1. The highest BCUT2D eigenvalue weighted by atomic mass is 35.5. The van der Waals surface area contributed by atoms with Crippen molar-refractivity contribution in [3.8, 4) is 5.75 Å². The maximum absolute atomic E-state index is 12.4. The average molecular weight is 378 g/mol. The van der Waals surface area contributed by atoms with Gasteiger partial charge in [-0.05, 0) is 56.2 Å². The van der Waals surface area contributed by atoms with Crippen molar-refractivity contribution in [3.63, 3.8) is 0 Å². The number of carbonyl (C=O) groups is 1. The van der Waals surface area contributed by atoms with Crippen molar-refractivity contribution >= 4 is 29.3 Å². The largest absolute Gasteiger partial charge is 0.480 e. The van der Waals surface area contributed by atoms with E-state index in [1.165, 1.54) is 5.56 Å². The molecular formula is C20H24ClNO2S. The van der Waals surface area contributed by atoms with Crippen molar-refractivity contribution in [2.45, 2.75) is 38.2 Å². The van der Waals surface area contributed by atoms with Gasteiger partial charge in [-0.3, -0.25) is 4.79 Å². The first-order valence-electron chi connectivity index (χ1n) is 8.39. The van der Waals surface area contributed by atoms with Gasteiger partial charge in [-0.25, -0.2) is 0 Å². The van der Waals surface area contributed by atoms with E-state index >= 15 is 0 Å². The van der Waals surface area contributed by atoms with Gasteiger partial charge in [-0.2, -0.15) is 0 Å². The smallest absolute Gasteiger partial charge is 0.261 e. The van der Waals surface area contributed by atoms with E-state index in [-0.39, 0.29) is 5.91 Å². The van der Waals surface area contributed by atoms with Crippen LogP contribution in [-0.2, 0) is 4.79 Å². The topological polar surface area (TPSA) is 38.3 Å². The Hall–Kier alpha value is -1.65. The highest BCUT2D eigenvalue weighted by Gasteiger charge is 2.18. The Bertz CT molecular complexity index is 703. The molecule has 3 nitrogen and oxygen atoms in total. The van der Waals surface area contributed by atoms with E-state index in [0.29, 0.717) is 13.0 Å². The van der Waals surface area contributed by atoms with Gasteiger partial charge in [0.05, 0.1) is 0 Å². The second-order valence-electron chi connectivity index (χ2n) is 5.88. The van der Waals surface area contributed by atoms with Crippen LogP contribution >= 0.6 is 23.4 Å². The minimum atomic E-state index is -0.470. The van der Waals surface area contributed by atoms with Gasteiger partial charge < -0.3 is 10.1 Å². The van der Waals surface area contributed by atoms with Gasteiger partial charge in [0.1, 0.15) is 5.75 Å². The molecule has 0 saturated carbocycles. The van der Waals surface area contributed by atoms with Crippen molar-refractivity contribution in [2.75, 3.05) is 12.3 Å². The molecular weight excluding hydrogens is 354 g/mol. The van der Waals surface area contributed by atoms with E-state index in [4.69, 9.17) is 16.3 Å². The molecule has 0 radical (unpaired) electrons. The molecule has 2 rings (SSSR count). The Balaban J connectivity index is 1.80. The van der Waals surface area contributed by atoms with Crippen LogP contribution in [0.5, 0.6) is 5.75 Å². The zero-order valence-electron chi connectivity index (χ0n) is 14.8. The van der Waals surface area contributed by atoms with Gasteiger partial charge >= 0.3 is 0 Å². The summed E-state index contributed by atoms with van der Waals surface area (Å²) in [5, 5.41) is 3.68. The lowest BCUT2D eigenvalue weighted by Crippen LogP contribution is -2.39. The third kappa shape index (κ3) is 6.29. The number of hydrogen-bond donors (Lipinski definition) is 1. The minimum Gasteiger partial charge on any atom is -0.480 e. The molecule has 0 aromatic heterocycles. The zero-order chi connectivity index (χ0) is 18.2. The number of nitrogens with one attached hydrogen (secondary N) is 1. The monoisotopic (exact) mass is 377 g/mol. The van der Waals surface area contributed by atoms with Crippen molar-refractivity contribution in [1.29, 1.82) is 0 Å². The van der Waals surface area contributed by atoms with Gasteiger partial charge in [-0.1, -0.05) is 36.2 Å². The van der Waals surface area contributed by atoms with Crippen LogP contribution in [0.4, 0.5) is 0 Å². The molecule has 0 unspecified atom stereocenters. The Morgan fingerprint density at radius 3 is 2.56 bits per heavy atom. The van der Waals surface area contributed by atoms with Crippen LogP contribution in [0.2, 0.25) is 5.02 Å². The summed E-state index contributed by atoms with van der Waals surface area (Å²) >= 11 is 7.56. The molecule has 134 valence electrons. The molecule has 1 atom stereocenters. The van der Waals surface area contributed by atoms with Crippen LogP contribution in [0.15, 0.2) is 47.4 Å². The number of ether oxygens (including phenoxy) is 1. The van der Waals surface area contributed by atoms with Gasteiger partial charge in [0.2, 0.25) is 0 Å². The van der Waals surface area contributed by atoms with Gasteiger partial charge in [0.25, 0.3) is 5.91 Å². The lowest BCUT2D eigenvalue weighted by Gasteiger charge is -2.19. The molecule has 0 saturated heterocycles. The Labute approximate surface area is 159 Å². The molecule has 25 heavy (non-hydrogen) atoms. The molecule has 0 aliphatic heterocycles. The third-order valence-electron chi connectivity index (χ3n) is 3.75. The number of rotatable bonds is 8. The number of carbonyl (C=O) groups excluding carboxylic acids is 1. The second-order valence-corrected chi connectivity index (χ2v) is 7.48. The fourth-order valence-electron chi connectivity index (χ4n) is 2.39. The number of hydrogen-bond acceptors (Lipinski definition) is 3. The average Bonchev–Trinajstić information content (AvgIpc) is 2.59. The lowest BCUT2D eigenvalue weighted by atomic mass is 10.1. The predicted octanol–water partition coefficient (Wildman–Crippen LogP) is 5.02. The Morgan fingerprint density at radius 2 is 1.92 bits per heavy atom. The SMILES string of the molecule is CC[C@@H](Oc1ccc(C)cc1C)C(=O)NCCSc1ccc(Cl)cc1. The molecule has 2 aromatic rings. The van der Waals surface area contributed by atoms with Crippen molar-refractivity contribution in [2.24, 2.45) is 0 Å². The highest BCUT2D eigenvalue weighted by molar-refractivity contribution is 7.99. The first-order valence-corrected chi connectivity index (χ1v) is 9.76. The molecule has 5 heteroatoms. The zero-order valence-corrected chi connectivity index (χ0v) is 16.4. The van der Waals surface area contributed by atoms with Crippen LogP contribution in [-0.4, -0.2) is 24.3 Å². The lowest BCUT2D eigenvalue weighted by molar-refractivity contribution is -0.128. The summed E-state index contributed by atoms with van der Waals surface area (Å²) in [7, 11) is 0. The Kier molecular flexibility index (Phi) is 7.66. The van der Waals surface area contributed by atoms with Crippen molar-refractivity contribution in [3.05, 3.63) is 58.6 Å². The minimum absolute atomic E-state index is 0.0702. The molecule has 1 amide bonds. The second kappa shape index (κ2) is 9.73. The molecule has 1 N–H and O–H groups in total. The molecule has 0 aliphatic carbocycles. The molecule has 0 bridgehead atoms. The fraction of sp³-hybridized carbons (Fsp3) is 0.350. The highest BCUT2D eigenvalue weighted by Crippen LogP contribution is 2.21.